The van der Waals surface area contributed by atoms with E-state index in [2.05, 4.69) is 4.98 Å². The van der Waals surface area contributed by atoms with Crippen molar-refractivity contribution in [2.75, 3.05) is 31.1 Å². The molecular formula is C19H19F3N4O2. The van der Waals surface area contributed by atoms with Crippen LogP contribution in [0.15, 0.2) is 42.6 Å². The first-order valence-electron chi connectivity index (χ1n) is 8.73. The molecule has 2 amide bonds. The number of hydrogen-bond donors (Lipinski definition) is 1. The van der Waals surface area contributed by atoms with E-state index >= 15 is 0 Å². The van der Waals surface area contributed by atoms with Gasteiger partial charge in [-0.05, 0) is 42.8 Å². The molecule has 2 N–H and O–H groups in total. The summed E-state index contributed by atoms with van der Waals surface area (Å²) >= 11 is 0. The number of rotatable bonds is 3. The maximum Gasteiger partial charge on any atom is 0.417 e. The quantitative estimate of drug-likeness (QED) is 0.871. The highest BCUT2D eigenvalue weighted by atomic mass is 19.4. The molecule has 9 heteroatoms. The first kappa shape index (κ1) is 19.7. The molecule has 2 heterocycles. The molecule has 148 valence electrons. The van der Waals surface area contributed by atoms with E-state index in [0.717, 1.165) is 12.3 Å². The van der Waals surface area contributed by atoms with E-state index in [9.17, 15) is 22.8 Å². The van der Waals surface area contributed by atoms with Crippen LogP contribution in [0.2, 0.25) is 0 Å². The van der Waals surface area contributed by atoms with E-state index in [0.29, 0.717) is 49.5 Å². The van der Waals surface area contributed by atoms with Gasteiger partial charge in [0.05, 0.1) is 5.56 Å². The fourth-order valence-electron chi connectivity index (χ4n) is 3.05. The van der Waals surface area contributed by atoms with E-state index in [1.807, 2.05) is 4.90 Å². The summed E-state index contributed by atoms with van der Waals surface area (Å²) in [6.45, 7) is 1.98. The van der Waals surface area contributed by atoms with Crippen LogP contribution in [0.5, 0.6) is 0 Å². The van der Waals surface area contributed by atoms with Gasteiger partial charge in [-0.1, -0.05) is 0 Å². The second-order valence-corrected chi connectivity index (χ2v) is 6.48. The Labute approximate surface area is 159 Å². The normalized spacial score (nSPS) is 15.2. The number of carbonyl (C=O) groups is 2. The van der Waals surface area contributed by atoms with Crippen molar-refractivity contribution < 1.29 is 22.8 Å². The zero-order valence-corrected chi connectivity index (χ0v) is 14.9. The van der Waals surface area contributed by atoms with Gasteiger partial charge < -0.3 is 15.5 Å². The Morgan fingerprint density at radius 3 is 2.18 bits per heavy atom. The highest BCUT2D eigenvalue weighted by Gasteiger charge is 2.31. The Morgan fingerprint density at radius 1 is 0.929 bits per heavy atom. The van der Waals surface area contributed by atoms with Gasteiger partial charge in [-0.15, -0.1) is 0 Å². The summed E-state index contributed by atoms with van der Waals surface area (Å²) in [6, 6.07) is 8.49. The third kappa shape index (κ3) is 4.41. The van der Waals surface area contributed by atoms with Gasteiger partial charge in [0, 0.05) is 43.5 Å². The molecule has 1 aliphatic heterocycles. The molecule has 1 saturated heterocycles. The van der Waals surface area contributed by atoms with Gasteiger partial charge in [-0.3, -0.25) is 9.59 Å². The van der Waals surface area contributed by atoms with Gasteiger partial charge in [0.15, 0.2) is 0 Å². The molecule has 1 fully saturated rings. The molecule has 0 saturated carbocycles. The SMILES string of the molecule is NC(=O)c1ccc(C(=O)N2CCCN(c3ccc(C(F)(F)F)cn3)CC2)cc1. The van der Waals surface area contributed by atoms with Crippen LogP contribution in [0.1, 0.15) is 32.7 Å². The largest absolute Gasteiger partial charge is 0.417 e. The maximum absolute atomic E-state index is 12.7. The van der Waals surface area contributed by atoms with Gasteiger partial charge in [0.25, 0.3) is 5.91 Å². The third-order valence-corrected chi connectivity index (χ3v) is 4.60. The Balaban J connectivity index is 1.66. The second-order valence-electron chi connectivity index (χ2n) is 6.48. The minimum absolute atomic E-state index is 0.168. The standard InChI is InChI=1S/C19H19F3N4O2/c20-19(21,22)15-6-7-16(24-12-15)25-8-1-9-26(11-10-25)18(28)14-4-2-13(3-5-14)17(23)27/h2-7,12H,1,8-11H2,(H2,23,27). The number of nitrogens with two attached hydrogens (primary N) is 1. The number of alkyl halides is 3. The van der Waals surface area contributed by atoms with Crippen molar-refractivity contribution in [1.29, 1.82) is 0 Å². The lowest BCUT2D eigenvalue weighted by molar-refractivity contribution is -0.137. The van der Waals surface area contributed by atoms with Crippen molar-refractivity contribution in [2.45, 2.75) is 12.6 Å². The minimum atomic E-state index is -4.42. The Morgan fingerprint density at radius 2 is 1.61 bits per heavy atom. The third-order valence-electron chi connectivity index (χ3n) is 4.60. The van der Waals surface area contributed by atoms with Crippen molar-refractivity contribution in [2.24, 2.45) is 5.73 Å². The number of hydrogen-bond acceptors (Lipinski definition) is 4. The van der Waals surface area contributed by atoms with Gasteiger partial charge in [0.2, 0.25) is 5.91 Å². The van der Waals surface area contributed by atoms with E-state index in [4.69, 9.17) is 5.73 Å². The predicted octanol–water partition coefficient (Wildman–Crippen LogP) is 2.55. The summed E-state index contributed by atoms with van der Waals surface area (Å²) in [5.74, 6) is -0.278. The van der Waals surface area contributed by atoms with Crippen molar-refractivity contribution in [3.05, 3.63) is 59.3 Å². The molecular weight excluding hydrogens is 373 g/mol. The van der Waals surface area contributed by atoms with E-state index < -0.39 is 17.6 Å². The van der Waals surface area contributed by atoms with Gasteiger partial charge in [0.1, 0.15) is 5.82 Å². The molecule has 2 aromatic rings. The Kier molecular flexibility index (Phi) is 5.53. The van der Waals surface area contributed by atoms with Crippen LogP contribution in [0.25, 0.3) is 0 Å². The summed E-state index contributed by atoms with van der Waals surface area (Å²) in [5.41, 5.74) is 5.19. The minimum Gasteiger partial charge on any atom is -0.366 e. The van der Waals surface area contributed by atoms with Crippen LogP contribution in [-0.2, 0) is 6.18 Å². The van der Waals surface area contributed by atoms with E-state index in [-0.39, 0.29) is 5.91 Å². The average molecular weight is 392 g/mol. The molecule has 0 unspecified atom stereocenters. The highest BCUT2D eigenvalue weighted by Crippen LogP contribution is 2.29. The highest BCUT2D eigenvalue weighted by molar-refractivity contribution is 5.97. The molecule has 6 nitrogen and oxygen atoms in total. The summed E-state index contributed by atoms with van der Waals surface area (Å²) < 4.78 is 38.0. The number of nitrogens with zero attached hydrogens (tertiary/aromatic N) is 3. The van der Waals surface area contributed by atoms with Crippen molar-refractivity contribution in [3.63, 3.8) is 0 Å². The molecule has 28 heavy (non-hydrogen) atoms. The maximum atomic E-state index is 12.7. The summed E-state index contributed by atoms with van der Waals surface area (Å²) in [6.07, 6.45) is -2.94. The number of carbonyl (C=O) groups excluding carboxylic acids is 2. The zero-order chi connectivity index (χ0) is 20.3. The molecule has 0 atom stereocenters. The molecule has 0 bridgehead atoms. The summed E-state index contributed by atoms with van der Waals surface area (Å²) in [4.78, 5) is 31.3. The number of benzene rings is 1. The number of amides is 2. The van der Waals surface area contributed by atoms with Gasteiger partial charge >= 0.3 is 6.18 Å². The lowest BCUT2D eigenvalue weighted by Crippen LogP contribution is -2.35. The molecule has 3 rings (SSSR count). The molecule has 0 aliphatic carbocycles. The molecule has 1 aromatic carbocycles. The lowest BCUT2D eigenvalue weighted by Gasteiger charge is -2.23. The molecule has 1 aromatic heterocycles. The summed E-state index contributed by atoms with van der Waals surface area (Å²) in [7, 11) is 0. The van der Waals surface area contributed by atoms with Crippen LogP contribution in [0.3, 0.4) is 0 Å². The molecule has 0 spiro atoms. The monoisotopic (exact) mass is 392 g/mol. The van der Waals surface area contributed by atoms with Gasteiger partial charge in [-0.2, -0.15) is 13.2 Å². The van der Waals surface area contributed by atoms with Crippen molar-refractivity contribution in [1.82, 2.24) is 9.88 Å². The smallest absolute Gasteiger partial charge is 0.366 e. The van der Waals surface area contributed by atoms with Gasteiger partial charge in [-0.25, -0.2) is 4.98 Å². The topological polar surface area (TPSA) is 79.5 Å². The number of aromatic nitrogens is 1. The first-order valence-corrected chi connectivity index (χ1v) is 8.73. The Bertz CT molecular complexity index is 851. The van der Waals surface area contributed by atoms with Crippen LogP contribution >= 0.6 is 0 Å². The number of pyridine rings is 1. The molecule has 1 aliphatic rings. The van der Waals surface area contributed by atoms with Crippen LogP contribution < -0.4 is 10.6 Å². The lowest BCUT2D eigenvalue weighted by atomic mass is 10.1. The summed E-state index contributed by atoms with van der Waals surface area (Å²) in [5, 5.41) is 0. The van der Waals surface area contributed by atoms with Crippen molar-refractivity contribution in [3.8, 4) is 0 Å². The van der Waals surface area contributed by atoms with E-state index in [1.165, 1.54) is 18.2 Å². The fraction of sp³-hybridized carbons (Fsp3) is 0.316. The van der Waals surface area contributed by atoms with E-state index in [1.54, 1.807) is 17.0 Å². The van der Waals surface area contributed by atoms with Crippen LogP contribution in [0.4, 0.5) is 19.0 Å². The number of primary amides is 1. The van der Waals surface area contributed by atoms with Crippen molar-refractivity contribution >= 4 is 17.6 Å². The number of halogens is 3. The van der Waals surface area contributed by atoms with Crippen LogP contribution in [0, 0.1) is 0 Å². The Hall–Kier alpha value is -3.10. The number of anilines is 1. The first-order chi connectivity index (χ1) is 13.3. The second kappa shape index (κ2) is 7.87. The average Bonchev–Trinajstić information content (AvgIpc) is 2.93. The van der Waals surface area contributed by atoms with Crippen LogP contribution in [-0.4, -0.2) is 47.9 Å². The molecule has 0 radical (unpaired) electrons. The fourth-order valence-corrected chi connectivity index (χ4v) is 3.05. The predicted molar refractivity (Wildman–Crippen MR) is 96.9 cm³/mol. The zero-order valence-electron chi connectivity index (χ0n) is 14.9.